The lowest BCUT2D eigenvalue weighted by Crippen LogP contribution is -2.43. The molecular formula is C18H22N2O4S2. The van der Waals surface area contributed by atoms with E-state index in [0.717, 1.165) is 10.4 Å². The van der Waals surface area contributed by atoms with Crippen molar-refractivity contribution in [1.82, 2.24) is 9.62 Å². The summed E-state index contributed by atoms with van der Waals surface area (Å²) in [5.41, 5.74) is 1.61. The molecule has 0 radical (unpaired) electrons. The van der Waals surface area contributed by atoms with E-state index < -0.39 is 10.0 Å². The topological polar surface area (TPSA) is 75.7 Å². The van der Waals surface area contributed by atoms with Gasteiger partial charge in [0.15, 0.2) is 0 Å². The molecule has 0 unspecified atom stereocenters. The molecule has 1 N–H and O–H groups in total. The lowest BCUT2D eigenvalue weighted by molar-refractivity contribution is 0.0926. The molecule has 1 aromatic heterocycles. The highest BCUT2D eigenvalue weighted by Crippen LogP contribution is 2.25. The Balaban J connectivity index is 1.65. The Labute approximate surface area is 157 Å². The summed E-state index contributed by atoms with van der Waals surface area (Å²) in [6.07, 6.45) is 0. The fourth-order valence-electron chi connectivity index (χ4n) is 2.82. The van der Waals surface area contributed by atoms with Gasteiger partial charge < -0.3 is 10.1 Å². The molecule has 1 aromatic carbocycles. The van der Waals surface area contributed by atoms with Gasteiger partial charge in [0.05, 0.1) is 25.0 Å². The summed E-state index contributed by atoms with van der Waals surface area (Å²) in [4.78, 5) is 13.7. The van der Waals surface area contributed by atoms with Crippen LogP contribution in [0.3, 0.4) is 0 Å². The van der Waals surface area contributed by atoms with Crippen molar-refractivity contribution in [3.63, 3.8) is 0 Å². The van der Waals surface area contributed by atoms with Gasteiger partial charge in [-0.05, 0) is 29.1 Å². The van der Waals surface area contributed by atoms with E-state index in [-0.39, 0.29) is 23.6 Å². The predicted octanol–water partition coefficient (Wildman–Crippen LogP) is 2.05. The highest BCUT2D eigenvalue weighted by Gasteiger charge is 2.34. The van der Waals surface area contributed by atoms with Crippen molar-refractivity contribution in [1.29, 1.82) is 0 Å². The van der Waals surface area contributed by atoms with Gasteiger partial charge in [0.25, 0.3) is 5.91 Å². The Kier molecular flexibility index (Phi) is 5.76. The second-order valence-corrected chi connectivity index (χ2v) is 9.67. The number of carbonyl (C=O) groups excluding carboxylic acids is 1. The lowest BCUT2D eigenvalue weighted by Gasteiger charge is -2.21. The second-order valence-electron chi connectivity index (χ2n) is 6.49. The van der Waals surface area contributed by atoms with Crippen molar-refractivity contribution in [3.05, 3.63) is 47.3 Å². The number of benzene rings is 1. The number of nitrogens with one attached hydrogen (secondary N) is 1. The van der Waals surface area contributed by atoms with E-state index in [9.17, 15) is 13.2 Å². The van der Waals surface area contributed by atoms with Crippen LogP contribution < -0.4 is 5.32 Å². The number of carbonyl (C=O) groups is 1. The Morgan fingerprint density at radius 2 is 1.96 bits per heavy atom. The van der Waals surface area contributed by atoms with Gasteiger partial charge in [-0.25, -0.2) is 12.7 Å². The maximum absolute atomic E-state index is 12.5. The van der Waals surface area contributed by atoms with Crippen molar-refractivity contribution in [3.8, 4) is 10.4 Å². The molecule has 1 fully saturated rings. The smallest absolute Gasteiger partial charge is 0.251 e. The van der Waals surface area contributed by atoms with Gasteiger partial charge >= 0.3 is 0 Å². The second kappa shape index (κ2) is 7.87. The van der Waals surface area contributed by atoms with Gasteiger partial charge in [-0.2, -0.15) is 0 Å². The average molecular weight is 395 g/mol. The standard InChI is InChI=1S/C18H22N2O4S2/c1-20(2)26(22,23)12-15-10-24-11-16(15)19-18(21)14-7-5-13(6-8-14)17-4-3-9-25-17/h3-9,15-16H,10-12H2,1-2H3,(H,19,21)/t15-,16+/m0/s1. The number of hydrogen-bond acceptors (Lipinski definition) is 5. The van der Waals surface area contributed by atoms with Gasteiger partial charge in [0, 0.05) is 30.5 Å². The fourth-order valence-corrected chi connectivity index (χ4v) is 4.72. The SMILES string of the molecule is CN(C)S(=O)(=O)C[C@@H]1COC[C@H]1NC(=O)c1ccc(-c2cccs2)cc1. The van der Waals surface area contributed by atoms with Gasteiger partial charge in [-0.15, -0.1) is 11.3 Å². The molecule has 2 atom stereocenters. The Hall–Kier alpha value is -1.74. The summed E-state index contributed by atoms with van der Waals surface area (Å²) in [5, 5.41) is 4.93. The molecule has 2 heterocycles. The van der Waals surface area contributed by atoms with Crippen LogP contribution >= 0.6 is 11.3 Å². The van der Waals surface area contributed by atoms with Gasteiger partial charge in [0.1, 0.15) is 0 Å². The minimum atomic E-state index is -3.34. The summed E-state index contributed by atoms with van der Waals surface area (Å²) in [7, 11) is -0.327. The lowest BCUT2D eigenvalue weighted by atomic mass is 10.0. The van der Waals surface area contributed by atoms with Crippen LogP contribution in [0.5, 0.6) is 0 Å². The Bertz CT molecular complexity index is 846. The van der Waals surface area contributed by atoms with Gasteiger partial charge in [-0.1, -0.05) is 18.2 Å². The maximum atomic E-state index is 12.5. The van der Waals surface area contributed by atoms with E-state index in [1.807, 2.05) is 29.6 Å². The highest BCUT2D eigenvalue weighted by molar-refractivity contribution is 7.89. The molecule has 1 amide bonds. The number of sulfonamides is 1. The summed E-state index contributed by atoms with van der Waals surface area (Å²) in [6.45, 7) is 0.655. The van der Waals surface area contributed by atoms with Gasteiger partial charge in [0.2, 0.25) is 10.0 Å². The monoisotopic (exact) mass is 394 g/mol. The van der Waals surface area contributed by atoms with E-state index in [4.69, 9.17) is 4.74 Å². The molecule has 0 aliphatic carbocycles. The minimum Gasteiger partial charge on any atom is -0.379 e. The normalized spacial score (nSPS) is 20.4. The van der Waals surface area contributed by atoms with Crippen LogP contribution in [-0.4, -0.2) is 57.7 Å². The summed E-state index contributed by atoms with van der Waals surface area (Å²) in [6, 6.07) is 11.1. The summed E-state index contributed by atoms with van der Waals surface area (Å²) >= 11 is 1.65. The van der Waals surface area contributed by atoms with Crippen LogP contribution in [0.25, 0.3) is 10.4 Å². The first-order valence-corrected chi connectivity index (χ1v) is 10.8. The van der Waals surface area contributed by atoms with E-state index in [2.05, 4.69) is 5.32 Å². The number of ether oxygens (including phenoxy) is 1. The first-order chi connectivity index (χ1) is 12.4. The molecule has 2 aromatic rings. The Morgan fingerprint density at radius 1 is 1.23 bits per heavy atom. The maximum Gasteiger partial charge on any atom is 0.251 e. The first kappa shape index (κ1) is 19.0. The number of thiophene rings is 1. The molecule has 0 bridgehead atoms. The zero-order chi connectivity index (χ0) is 18.7. The number of nitrogens with zero attached hydrogens (tertiary/aromatic N) is 1. The molecule has 140 valence electrons. The molecule has 1 aliphatic rings. The van der Waals surface area contributed by atoms with Crippen LogP contribution in [0.2, 0.25) is 0 Å². The minimum absolute atomic E-state index is 0.0394. The van der Waals surface area contributed by atoms with E-state index in [1.54, 1.807) is 23.5 Å². The molecule has 1 aliphatic heterocycles. The molecule has 3 rings (SSSR count). The van der Waals surface area contributed by atoms with Crippen LogP contribution in [0, 0.1) is 5.92 Å². The molecular weight excluding hydrogens is 372 g/mol. The predicted molar refractivity (Wildman–Crippen MR) is 103 cm³/mol. The molecule has 6 nitrogen and oxygen atoms in total. The van der Waals surface area contributed by atoms with Crippen molar-refractivity contribution in [2.75, 3.05) is 33.1 Å². The Morgan fingerprint density at radius 3 is 2.58 bits per heavy atom. The van der Waals surface area contributed by atoms with Crippen LogP contribution in [0.15, 0.2) is 41.8 Å². The van der Waals surface area contributed by atoms with Gasteiger partial charge in [-0.3, -0.25) is 4.79 Å². The summed E-state index contributed by atoms with van der Waals surface area (Å²) in [5.74, 6) is -0.510. The van der Waals surface area contributed by atoms with Crippen molar-refractivity contribution in [2.45, 2.75) is 6.04 Å². The molecule has 0 spiro atoms. The first-order valence-electron chi connectivity index (χ1n) is 8.29. The molecule has 26 heavy (non-hydrogen) atoms. The van der Waals surface area contributed by atoms with E-state index >= 15 is 0 Å². The van der Waals surface area contributed by atoms with Crippen LogP contribution in [0.1, 0.15) is 10.4 Å². The third-order valence-corrected chi connectivity index (χ3v) is 7.33. The number of amides is 1. The van der Waals surface area contributed by atoms with E-state index in [1.165, 1.54) is 18.4 Å². The summed E-state index contributed by atoms with van der Waals surface area (Å²) < 4.78 is 30.8. The third kappa shape index (κ3) is 4.32. The van der Waals surface area contributed by atoms with E-state index in [0.29, 0.717) is 18.8 Å². The van der Waals surface area contributed by atoms with Crippen molar-refractivity contribution in [2.24, 2.45) is 5.92 Å². The fraction of sp³-hybridized carbons (Fsp3) is 0.389. The largest absolute Gasteiger partial charge is 0.379 e. The zero-order valence-electron chi connectivity index (χ0n) is 14.7. The highest BCUT2D eigenvalue weighted by atomic mass is 32.2. The van der Waals surface area contributed by atoms with Crippen LogP contribution in [-0.2, 0) is 14.8 Å². The van der Waals surface area contributed by atoms with Crippen molar-refractivity contribution < 1.29 is 17.9 Å². The van der Waals surface area contributed by atoms with Crippen molar-refractivity contribution >= 4 is 27.3 Å². The molecule has 8 heteroatoms. The zero-order valence-corrected chi connectivity index (χ0v) is 16.3. The third-order valence-electron chi connectivity index (χ3n) is 4.45. The quantitative estimate of drug-likeness (QED) is 0.814. The number of rotatable bonds is 6. The molecule has 1 saturated heterocycles. The number of hydrogen-bond donors (Lipinski definition) is 1. The average Bonchev–Trinajstić information content (AvgIpc) is 3.27. The molecule has 0 saturated carbocycles. The van der Waals surface area contributed by atoms with Crippen LogP contribution in [0.4, 0.5) is 0 Å².